The molecule has 0 aliphatic carbocycles. The van der Waals surface area contributed by atoms with E-state index in [1.807, 2.05) is 12.1 Å². The van der Waals surface area contributed by atoms with Gasteiger partial charge in [-0.1, -0.05) is 36.0 Å². The van der Waals surface area contributed by atoms with Crippen LogP contribution >= 0.6 is 11.8 Å². The van der Waals surface area contributed by atoms with Gasteiger partial charge in [-0.2, -0.15) is 5.10 Å². The van der Waals surface area contributed by atoms with Gasteiger partial charge in [0.25, 0.3) is 11.6 Å². The van der Waals surface area contributed by atoms with E-state index in [-0.39, 0.29) is 11.6 Å². The average molecular weight is 369 g/mol. The molecule has 0 radical (unpaired) electrons. The van der Waals surface area contributed by atoms with E-state index in [0.717, 1.165) is 5.56 Å². The Balaban J connectivity index is 1.78. The lowest BCUT2D eigenvalue weighted by molar-refractivity contribution is -0.385. The third-order valence-electron chi connectivity index (χ3n) is 3.68. The number of nitrogens with zero attached hydrogens (tertiary/aromatic N) is 3. The number of aromatic nitrogens is 3. The molecule has 2 aromatic carbocycles. The fourth-order valence-corrected chi connectivity index (χ4v) is 3.14. The van der Waals surface area contributed by atoms with Gasteiger partial charge < -0.3 is 5.32 Å². The van der Waals surface area contributed by atoms with Crippen LogP contribution in [0.5, 0.6) is 0 Å². The predicted molar refractivity (Wildman–Crippen MR) is 98.2 cm³/mol. The lowest BCUT2D eigenvalue weighted by Crippen LogP contribution is -2.14. The number of carbonyl (C=O) groups is 1. The summed E-state index contributed by atoms with van der Waals surface area (Å²) in [5, 5.41) is 21.0. The van der Waals surface area contributed by atoms with E-state index in [1.165, 1.54) is 24.2 Å². The third-order valence-corrected chi connectivity index (χ3v) is 4.61. The molecule has 1 heterocycles. The highest BCUT2D eigenvalue weighted by atomic mass is 32.2. The summed E-state index contributed by atoms with van der Waals surface area (Å²) < 4.78 is 0. The Hall–Kier alpha value is -3.20. The zero-order valence-electron chi connectivity index (χ0n) is 13.8. The number of anilines is 1. The van der Waals surface area contributed by atoms with Crippen LogP contribution in [-0.4, -0.2) is 26.0 Å². The Bertz CT molecular complexity index is 943. The van der Waals surface area contributed by atoms with Crippen molar-refractivity contribution in [2.45, 2.75) is 17.8 Å². The monoisotopic (exact) mass is 369 g/mol. The Morgan fingerprint density at radius 1 is 1.31 bits per heavy atom. The minimum Gasteiger partial charge on any atom is -0.322 e. The number of rotatable bonds is 6. The number of nitrogens with one attached hydrogen (secondary N) is 2. The van der Waals surface area contributed by atoms with Crippen LogP contribution in [0.3, 0.4) is 0 Å². The van der Waals surface area contributed by atoms with Crippen LogP contribution in [-0.2, 0) is 5.75 Å². The molecule has 26 heavy (non-hydrogen) atoms. The van der Waals surface area contributed by atoms with Crippen molar-refractivity contribution < 1.29 is 9.72 Å². The van der Waals surface area contributed by atoms with Crippen molar-refractivity contribution in [1.82, 2.24) is 15.2 Å². The normalized spacial score (nSPS) is 10.5. The van der Waals surface area contributed by atoms with Gasteiger partial charge in [0, 0.05) is 28.6 Å². The first-order chi connectivity index (χ1) is 12.5. The highest BCUT2D eigenvalue weighted by molar-refractivity contribution is 7.98. The molecule has 8 nitrogen and oxygen atoms in total. The molecule has 9 heteroatoms. The van der Waals surface area contributed by atoms with Gasteiger partial charge in [-0.25, -0.2) is 4.98 Å². The quantitative estimate of drug-likeness (QED) is 0.390. The number of aryl methyl sites for hydroxylation is 1. The smallest absolute Gasteiger partial charge is 0.274 e. The number of hydrogen-bond donors (Lipinski definition) is 2. The number of amides is 1. The standard InChI is InChI=1S/C17H15N5O3S/c1-11-6-7-13(8-15(11)22(24)25)20-16(23)14-5-3-2-4-12(14)9-26-17-18-10-19-21-17/h2-8,10H,9H2,1H3,(H,20,23)(H,18,19,21). The van der Waals surface area contributed by atoms with Crippen molar-refractivity contribution in [2.24, 2.45) is 0 Å². The van der Waals surface area contributed by atoms with Gasteiger partial charge in [0.2, 0.25) is 0 Å². The van der Waals surface area contributed by atoms with Gasteiger partial charge in [0.15, 0.2) is 5.16 Å². The summed E-state index contributed by atoms with van der Waals surface area (Å²) in [6.07, 6.45) is 1.42. The van der Waals surface area contributed by atoms with E-state index >= 15 is 0 Å². The van der Waals surface area contributed by atoms with Gasteiger partial charge in [-0.05, 0) is 24.6 Å². The van der Waals surface area contributed by atoms with Crippen LogP contribution in [0.15, 0.2) is 53.9 Å². The molecule has 0 fully saturated rings. The average Bonchev–Trinajstić information content (AvgIpc) is 3.15. The Labute approximate surface area is 153 Å². The summed E-state index contributed by atoms with van der Waals surface area (Å²) in [5.41, 5.74) is 2.22. The minimum absolute atomic E-state index is 0.0306. The zero-order valence-corrected chi connectivity index (χ0v) is 14.6. The summed E-state index contributed by atoms with van der Waals surface area (Å²) >= 11 is 1.43. The van der Waals surface area contributed by atoms with Crippen molar-refractivity contribution in [3.63, 3.8) is 0 Å². The van der Waals surface area contributed by atoms with Crippen molar-refractivity contribution in [3.05, 3.63) is 75.6 Å². The number of H-pyrrole nitrogens is 1. The molecule has 2 N–H and O–H groups in total. The van der Waals surface area contributed by atoms with Gasteiger partial charge in [0.1, 0.15) is 6.33 Å². The number of nitro groups is 1. The third kappa shape index (κ3) is 4.06. The van der Waals surface area contributed by atoms with Crippen LogP contribution < -0.4 is 5.32 Å². The minimum atomic E-state index is -0.465. The summed E-state index contributed by atoms with van der Waals surface area (Å²) in [4.78, 5) is 27.3. The van der Waals surface area contributed by atoms with E-state index in [1.54, 1.807) is 31.2 Å². The molecule has 0 aliphatic heterocycles. The van der Waals surface area contributed by atoms with Crippen molar-refractivity contribution in [2.75, 3.05) is 5.32 Å². The molecule has 1 amide bonds. The topological polar surface area (TPSA) is 114 Å². The molecular weight excluding hydrogens is 354 g/mol. The highest BCUT2D eigenvalue weighted by Crippen LogP contribution is 2.24. The zero-order chi connectivity index (χ0) is 18.5. The molecule has 0 saturated carbocycles. The SMILES string of the molecule is Cc1ccc(NC(=O)c2ccccc2CSc2ncn[nH]2)cc1[N+](=O)[O-]. The van der Waals surface area contributed by atoms with E-state index in [2.05, 4.69) is 20.5 Å². The predicted octanol–water partition coefficient (Wildman–Crippen LogP) is 3.57. The van der Waals surface area contributed by atoms with Crippen molar-refractivity contribution in [1.29, 1.82) is 0 Å². The maximum absolute atomic E-state index is 12.6. The molecule has 0 aliphatic rings. The van der Waals surface area contributed by atoms with E-state index < -0.39 is 4.92 Å². The lowest BCUT2D eigenvalue weighted by Gasteiger charge is -2.10. The first-order valence-corrected chi connectivity index (χ1v) is 8.65. The van der Waals surface area contributed by atoms with Gasteiger partial charge in [-0.15, -0.1) is 0 Å². The summed E-state index contributed by atoms with van der Waals surface area (Å²) in [7, 11) is 0. The van der Waals surface area contributed by atoms with Crippen molar-refractivity contribution in [3.8, 4) is 0 Å². The van der Waals surface area contributed by atoms with Crippen LogP contribution in [0.1, 0.15) is 21.5 Å². The number of benzene rings is 2. The number of thioether (sulfide) groups is 1. The molecule has 0 saturated heterocycles. The number of nitro benzene ring substituents is 1. The molecule has 1 aromatic heterocycles. The second kappa shape index (κ2) is 7.79. The van der Waals surface area contributed by atoms with Gasteiger partial charge in [-0.3, -0.25) is 20.0 Å². The Kier molecular flexibility index (Phi) is 5.28. The largest absolute Gasteiger partial charge is 0.322 e. The summed E-state index contributed by atoms with van der Waals surface area (Å²) in [6.45, 7) is 1.65. The molecule has 0 unspecified atom stereocenters. The maximum atomic E-state index is 12.6. The molecule has 0 spiro atoms. The van der Waals surface area contributed by atoms with Crippen LogP contribution in [0.4, 0.5) is 11.4 Å². The Morgan fingerprint density at radius 3 is 2.85 bits per heavy atom. The lowest BCUT2D eigenvalue weighted by atomic mass is 10.1. The van der Waals surface area contributed by atoms with Gasteiger partial charge in [0.05, 0.1) is 4.92 Å². The molecule has 3 aromatic rings. The number of aromatic amines is 1. The second-order valence-electron chi connectivity index (χ2n) is 5.45. The van der Waals surface area contributed by atoms with Crippen LogP contribution in [0, 0.1) is 17.0 Å². The highest BCUT2D eigenvalue weighted by Gasteiger charge is 2.15. The Morgan fingerprint density at radius 2 is 2.12 bits per heavy atom. The molecular formula is C17H15N5O3S. The number of carbonyl (C=O) groups excluding carboxylic acids is 1. The van der Waals surface area contributed by atoms with Crippen LogP contribution in [0.2, 0.25) is 0 Å². The first-order valence-electron chi connectivity index (χ1n) is 7.67. The summed E-state index contributed by atoms with van der Waals surface area (Å²) in [5.74, 6) is 0.212. The first kappa shape index (κ1) is 17.6. The van der Waals surface area contributed by atoms with E-state index in [9.17, 15) is 14.9 Å². The maximum Gasteiger partial charge on any atom is 0.274 e. The van der Waals surface area contributed by atoms with Gasteiger partial charge >= 0.3 is 0 Å². The molecule has 3 rings (SSSR count). The van der Waals surface area contributed by atoms with Crippen LogP contribution in [0.25, 0.3) is 0 Å². The number of hydrogen-bond acceptors (Lipinski definition) is 6. The molecule has 0 atom stereocenters. The fraction of sp³-hybridized carbons (Fsp3) is 0.118. The fourth-order valence-electron chi connectivity index (χ4n) is 2.36. The second-order valence-corrected chi connectivity index (χ2v) is 6.41. The van der Waals surface area contributed by atoms with E-state index in [0.29, 0.717) is 27.7 Å². The summed E-state index contributed by atoms with van der Waals surface area (Å²) in [6, 6.07) is 11.8. The molecule has 0 bridgehead atoms. The van der Waals surface area contributed by atoms with Crippen molar-refractivity contribution >= 4 is 29.0 Å². The van der Waals surface area contributed by atoms with E-state index in [4.69, 9.17) is 0 Å². The molecule has 132 valence electrons.